The van der Waals surface area contributed by atoms with Gasteiger partial charge in [-0.25, -0.2) is 4.79 Å². The molecule has 2 aromatic rings. The molecule has 0 spiro atoms. The number of rotatable bonds is 4. The van der Waals surface area contributed by atoms with Crippen molar-refractivity contribution in [2.45, 2.75) is 23.5 Å². The second-order valence-electron chi connectivity index (χ2n) is 5.74. The van der Waals surface area contributed by atoms with Gasteiger partial charge in [-0.05, 0) is 60.8 Å². The largest absolute Gasteiger partial charge is 0.465 e. The molecule has 3 nitrogen and oxygen atoms in total. The number of hydrogen-bond acceptors (Lipinski definition) is 4. The number of thioether (sulfide) groups is 1. The molecule has 0 saturated carbocycles. The van der Waals surface area contributed by atoms with Crippen LogP contribution < -0.4 is 5.32 Å². The summed E-state index contributed by atoms with van der Waals surface area (Å²) in [4.78, 5) is 12.8. The molecule has 0 fully saturated rings. The molecular weight excluding hydrogens is 377 g/mol. The first-order chi connectivity index (χ1) is 11.7. The fourth-order valence-corrected chi connectivity index (χ4v) is 4.37. The maximum absolute atomic E-state index is 11.7. The Balaban J connectivity index is 0.00000225. The quantitative estimate of drug-likeness (QED) is 0.607. The molecule has 0 aromatic heterocycles. The number of esters is 1. The smallest absolute Gasteiger partial charge is 0.337 e. The van der Waals surface area contributed by atoms with Crippen molar-refractivity contribution in [3.05, 3.63) is 63.7 Å². The van der Waals surface area contributed by atoms with E-state index in [1.807, 2.05) is 24.3 Å². The van der Waals surface area contributed by atoms with E-state index in [4.69, 9.17) is 16.3 Å². The molecule has 0 bridgehead atoms. The average molecular weight is 398 g/mol. The second kappa shape index (κ2) is 9.48. The van der Waals surface area contributed by atoms with Crippen LogP contribution in [0, 0.1) is 0 Å². The van der Waals surface area contributed by atoms with Crippen LogP contribution in [0.15, 0.2) is 41.3 Å². The van der Waals surface area contributed by atoms with Gasteiger partial charge in [0, 0.05) is 10.6 Å². The van der Waals surface area contributed by atoms with E-state index in [0.29, 0.717) is 5.56 Å². The van der Waals surface area contributed by atoms with Crippen molar-refractivity contribution in [1.29, 1.82) is 0 Å². The third kappa shape index (κ3) is 4.91. The summed E-state index contributed by atoms with van der Waals surface area (Å²) in [5, 5.41) is 4.25. The summed E-state index contributed by atoms with van der Waals surface area (Å²) in [6.07, 6.45) is 2.04. The van der Waals surface area contributed by atoms with E-state index in [0.717, 1.165) is 42.3 Å². The van der Waals surface area contributed by atoms with E-state index in [1.165, 1.54) is 23.1 Å². The Labute approximate surface area is 163 Å². The van der Waals surface area contributed by atoms with Crippen LogP contribution in [0.5, 0.6) is 0 Å². The molecule has 1 aliphatic rings. The summed E-state index contributed by atoms with van der Waals surface area (Å²) in [7, 11) is 1.40. The minimum absolute atomic E-state index is 0. The molecule has 1 heterocycles. The van der Waals surface area contributed by atoms with Gasteiger partial charge in [0.25, 0.3) is 0 Å². The maximum Gasteiger partial charge on any atom is 0.337 e. The number of nitrogens with one attached hydrogen (secondary N) is 1. The number of benzene rings is 2. The van der Waals surface area contributed by atoms with E-state index >= 15 is 0 Å². The molecule has 0 aliphatic carbocycles. The van der Waals surface area contributed by atoms with Crippen molar-refractivity contribution in [3.63, 3.8) is 0 Å². The average Bonchev–Trinajstić information content (AvgIpc) is 2.86. The highest BCUT2D eigenvalue weighted by Crippen LogP contribution is 2.36. The lowest BCUT2D eigenvalue weighted by molar-refractivity contribution is 0.0600. The maximum atomic E-state index is 11.7. The van der Waals surface area contributed by atoms with Crippen LogP contribution in [-0.2, 0) is 23.3 Å². The first-order valence-corrected chi connectivity index (χ1v) is 9.36. The zero-order valence-corrected chi connectivity index (χ0v) is 16.4. The van der Waals surface area contributed by atoms with Gasteiger partial charge in [0.15, 0.2) is 0 Å². The second-order valence-corrected chi connectivity index (χ2v) is 7.14. The predicted molar refractivity (Wildman–Crippen MR) is 106 cm³/mol. The van der Waals surface area contributed by atoms with Crippen LogP contribution in [0.3, 0.4) is 0 Å². The highest BCUT2D eigenvalue weighted by atomic mass is 35.5. The summed E-state index contributed by atoms with van der Waals surface area (Å²) in [6, 6.07) is 11.7. The van der Waals surface area contributed by atoms with Gasteiger partial charge in [0.05, 0.1) is 17.7 Å². The number of carbonyl (C=O) groups is 1. The van der Waals surface area contributed by atoms with Crippen LogP contribution in [-0.4, -0.2) is 26.2 Å². The molecule has 0 unspecified atom stereocenters. The molecule has 134 valence electrons. The van der Waals surface area contributed by atoms with Gasteiger partial charge < -0.3 is 10.1 Å². The topological polar surface area (TPSA) is 38.3 Å². The van der Waals surface area contributed by atoms with Crippen LogP contribution in [0.2, 0.25) is 5.02 Å². The highest BCUT2D eigenvalue weighted by Gasteiger charge is 2.15. The molecular formula is C19H21Cl2NO2S. The minimum atomic E-state index is -0.306. The Kier molecular flexibility index (Phi) is 7.63. The lowest BCUT2D eigenvalue weighted by Crippen LogP contribution is -2.16. The molecule has 6 heteroatoms. The predicted octanol–water partition coefficient (Wildman–Crippen LogP) is 4.53. The molecule has 2 aromatic carbocycles. The fourth-order valence-electron chi connectivity index (χ4n) is 2.93. The van der Waals surface area contributed by atoms with Crippen molar-refractivity contribution >= 4 is 41.7 Å². The number of carbonyl (C=O) groups excluding carboxylic acids is 1. The molecule has 0 radical (unpaired) electrons. The minimum Gasteiger partial charge on any atom is -0.465 e. The molecule has 0 saturated heterocycles. The number of fused-ring (bicyclic) bond motifs is 1. The lowest BCUT2D eigenvalue weighted by Gasteiger charge is -2.14. The number of hydrogen-bond donors (Lipinski definition) is 1. The van der Waals surface area contributed by atoms with Crippen LogP contribution in [0.25, 0.3) is 0 Å². The van der Waals surface area contributed by atoms with Crippen molar-refractivity contribution in [3.8, 4) is 0 Å². The Hall–Kier alpha value is -1.20. The number of methoxy groups -OCH3 is 1. The summed E-state index contributed by atoms with van der Waals surface area (Å²) < 4.78 is 4.79. The normalized spacial score (nSPS) is 13.4. The summed E-state index contributed by atoms with van der Waals surface area (Å²) >= 11 is 8.21. The molecule has 0 atom stereocenters. The third-order valence-electron chi connectivity index (χ3n) is 4.16. The van der Waals surface area contributed by atoms with Gasteiger partial charge in [-0.2, -0.15) is 0 Å². The summed E-state index contributed by atoms with van der Waals surface area (Å²) in [5.41, 5.74) is 4.41. The first-order valence-electron chi connectivity index (χ1n) is 8.00. The zero-order valence-electron chi connectivity index (χ0n) is 14.0. The van der Waals surface area contributed by atoms with Gasteiger partial charge in [-0.15, -0.1) is 24.2 Å². The standard InChI is InChI=1S/C19H20ClNO2S.ClH/c1-23-19(22)15-4-2-3-13(11-15)12-24-18-16-8-10-21-9-7-14(16)5-6-17(18)20;/h2-6,11,21H,7-10,12H2,1H3;1H. The SMILES string of the molecule is COC(=O)c1cccc(CSc2c(Cl)ccc3c2CCNCC3)c1.Cl. The van der Waals surface area contributed by atoms with Crippen molar-refractivity contribution < 1.29 is 9.53 Å². The highest BCUT2D eigenvalue weighted by molar-refractivity contribution is 7.98. The molecule has 0 amide bonds. The van der Waals surface area contributed by atoms with E-state index in [2.05, 4.69) is 11.4 Å². The lowest BCUT2D eigenvalue weighted by atomic mass is 10.0. The summed E-state index contributed by atoms with van der Waals surface area (Å²) in [6.45, 7) is 2.00. The number of ether oxygens (including phenoxy) is 1. The van der Waals surface area contributed by atoms with Gasteiger partial charge in [-0.3, -0.25) is 0 Å². The molecule has 1 aliphatic heterocycles. The molecule has 3 rings (SSSR count). The van der Waals surface area contributed by atoms with Crippen LogP contribution in [0.4, 0.5) is 0 Å². The zero-order chi connectivity index (χ0) is 16.9. The van der Waals surface area contributed by atoms with E-state index in [1.54, 1.807) is 17.8 Å². The Morgan fingerprint density at radius 2 is 2.04 bits per heavy atom. The van der Waals surface area contributed by atoms with Crippen molar-refractivity contribution in [1.82, 2.24) is 5.32 Å². The summed E-state index contributed by atoms with van der Waals surface area (Å²) in [5.74, 6) is 0.466. The van der Waals surface area contributed by atoms with E-state index < -0.39 is 0 Å². The molecule has 25 heavy (non-hydrogen) atoms. The number of halogens is 2. The van der Waals surface area contributed by atoms with E-state index in [9.17, 15) is 4.79 Å². The Morgan fingerprint density at radius 3 is 2.84 bits per heavy atom. The van der Waals surface area contributed by atoms with Gasteiger partial charge in [0.1, 0.15) is 0 Å². The van der Waals surface area contributed by atoms with Crippen LogP contribution >= 0.6 is 35.8 Å². The molecule has 1 N–H and O–H groups in total. The monoisotopic (exact) mass is 397 g/mol. The van der Waals surface area contributed by atoms with Crippen LogP contribution in [0.1, 0.15) is 27.0 Å². The Bertz CT molecular complexity index is 752. The first kappa shape index (κ1) is 20.1. The Morgan fingerprint density at radius 1 is 1.24 bits per heavy atom. The van der Waals surface area contributed by atoms with Gasteiger partial charge >= 0.3 is 5.97 Å². The van der Waals surface area contributed by atoms with Gasteiger partial charge in [-0.1, -0.05) is 29.8 Å². The van der Waals surface area contributed by atoms with E-state index in [-0.39, 0.29) is 18.4 Å². The van der Waals surface area contributed by atoms with Gasteiger partial charge in [0.2, 0.25) is 0 Å². The van der Waals surface area contributed by atoms with Crippen molar-refractivity contribution in [2.24, 2.45) is 0 Å². The third-order valence-corrected chi connectivity index (χ3v) is 5.82. The van der Waals surface area contributed by atoms with Crippen molar-refractivity contribution in [2.75, 3.05) is 20.2 Å². The fraction of sp³-hybridized carbons (Fsp3) is 0.316.